The molecule has 0 bridgehead atoms. The van der Waals surface area contributed by atoms with Crippen LogP contribution in [0.1, 0.15) is 5.56 Å². The summed E-state index contributed by atoms with van der Waals surface area (Å²) in [6.45, 7) is 0.395. The number of hydrogen-bond acceptors (Lipinski definition) is 6. The molecule has 1 aliphatic heterocycles. The molecule has 0 saturated carbocycles. The first-order valence-corrected chi connectivity index (χ1v) is 10.2. The normalized spacial score (nSPS) is 14.8. The molecular weight excluding hydrogens is 426 g/mol. The van der Waals surface area contributed by atoms with Crippen LogP contribution in [0.5, 0.6) is 0 Å². The fourth-order valence-corrected chi connectivity index (χ4v) is 3.78. The van der Waals surface area contributed by atoms with Crippen molar-refractivity contribution >= 4 is 23.6 Å². The minimum atomic E-state index is -4.47. The van der Waals surface area contributed by atoms with Gasteiger partial charge in [0, 0.05) is 32.2 Å². The van der Waals surface area contributed by atoms with Crippen LogP contribution in [-0.2, 0) is 22.6 Å². The van der Waals surface area contributed by atoms with Crippen molar-refractivity contribution in [2.45, 2.75) is 24.4 Å². The second kappa shape index (κ2) is 9.65. The first-order valence-electron chi connectivity index (χ1n) is 9.17. The van der Waals surface area contributed by atoms with Gasteiger partial charge in [-0.25, -0.2) is 4.39 Å². The zero-order valence-corrected chi connectivity index (χ0v) is 17.0. The highest BCUT2D eigenvalue weighted by Crippen LogP contribution is 2.28. The molecule has 1 aliphatic rings. The Hall–Kier alpha value is -2.34. The average Bonchev–Trinajstić information content (AvgIpc) is 3.09. The molecule has 2 aromatic rings. The molecule has 12 heteroatoms. The molecule has 1 fully saturated rings. The van der Waals surface area contributed by atoms with E-state index in [1.807, 2.05) is 0 Å². The molecule has 0 unspecified atom stereocenters. The third-order valence-corrected chi connectivity index (χ3v) is 5.40. The predicted octanol–water partition coefficient (Wildman–Crippen LogP) is 2.57. The molecule has 0 radical (unpaired) electrons. The highest BCUT2D eigenvalue weighted by Gasteiger charge is 2.33. The summed E-state index contributed by atoms with van der Waals surface area (Å²) in [6, 6.07) is 6.09. The Labute approximate surface area is 175 Å². The van der Waals surface area contributed by atoms with E-state index in [-0.39, 0.29) is 29.3 Å². The number of carbonyl (C=O) groups is 1. The Bertz CT molecular complexity index is 871. The Balaban J connectivity index is 1.68. The van der Waals surface area contributed by atoms with Gasteiger partial charge in [0.05, 0.1) is 19.0 Å². The number of amides is 1. The molecule has 7 nitrogen and oxygen atoms in total. The van der Waals surface area contributed by atoms with Crippen LogP contribution in [0.15, 0.2) is 29.4 Å². The number of thioether (sulfide) groups is 1. The number of aromatic nitrogens is 3. The number of nitrogens with zero attached hydrogens (tertiary/aromatic N) is 5. The van der Waals surface area contributed by atoms with Gasteiger partial charge in [0.25, 0.3) is 0 Å². The maximum Gasteiger partial charge on any atom is 0.406 e. The molecule has 1 amide bonds. The van der Waals surface area contributed by atoms with Crippen molar-refractivity contribution in [3.05, 3.63) is 35.6 Å². The van der Waals surface area contributed by atoms with Gasteiger partial charge in [-0.3, -0.25) is 9.36 Å². The van der Waals surface area contributed by atoms with Gasteiger partial charge < -0.3 is 14.5 Å². The number of morpholine rings is 1. The largest absolute Gasteiger partial charge is 0.406 e. The molecule has 3 rings (SSSR count). The lowest BCUT2D eigenvalue weighted by atomic mass is 10.2. The van der Waals surface area contributed by atoms with E-state index in [0.717, 1.165) is 16.3 Å². The minimum Gasteiger partial charge on any atom is -0.378 e. The molecule has 30 heavy (non-hydrogen) atoms. The van der Waals surface area contributed by atoms with E-state index >= 15 is 0 Å². The average molecular weight is 447 g/mol. The lowest BCUT2D eigenvalue weighted by molar-refractivity contribution is -0.141. The summed E-state index contributed by atoms with van der Waals surface area (Å²) in [6.07, 6.45) is -4.47. The number of hydrogen-bond donors (Lipinski definition) is 0. The summed E-state index contributed by atoms with van der Waals surface area (Å²) in [5, 5.41) is 7.78. The number of halogens is 4. The van der Waals surface area contributed by atoms with Crippen molar-refractivity contribution in [1.82, 2.24) is 19.7 Å². The second-order valence-electron chi connectivity index (χ2n) is 6.71. The molecule has 0 N–H and O–H groups in total. The maximum absolute atomic E-state index is 13.8. The van der Waals surface area contributed by atoms with Gasteiger partial charge in [-0.15, -0.1) is 10.2 Å². The van der Waals surface area contributed by atoms with Gasteiger partial charge in [-0.1, -0.05) is 30.0 Å². The molecule has 1 saturated heterocycles. The fourth-order valence-electron chi connectivity index (χ4n) is 2.91. The van der Waals surface area contributed by atoms with Crippen molar-refractivity contribution in [1.29, 1.82) is 0 Å². The van der Waals surface area contributed by atoms with Crippen molar-refractivity contribution in [2.24, 2.45) is 0 Å². The smallest absolute Gasteiger partial charge is 0.378 e. The van der Waals surface area contributed by atoms with Crippen LogP contribution in [-0.4, -0.2) is 70.9 Å². The summed E-state index contributed by atoms with van der Waals surface area (Å²) in [4.78, 5) is 15.4. The number of alkyl halides is 3. The Morgan fingerprint density at radius 2 is 1.93 bits per heavy atom. The molecule has 0 spiro atoms. The molecule has 0 atom stereocenters. The number of ether oxygens (including phenoxy) is 1. The quantitative estimate of drug-likeness (QED) is 0.480. The third-order valence-electron chi connectivity index (χ3n) is 4.44. The van der Waals surface area contributed by atoms with Crippen molar-refractivity contribution < 1.29 is 27.1 Å². The summed E-state index contributed by atoms with van der Waals surface area (Å²) in [5.41, 5.74) is 0.355. The van der Waals surface area contributed by atoms with E-state index in [2.05, 4.69) is 10.2 Å². The minimum absolute atomic E-state index is 0.00135. The van der Waals surface area contributed by atoms with E-state index < -0.39 is 18.5 Å². The third kappa shape index (κ3) is 5.85. The van der Waals surface area contributed by atoms with E-state index in [1.165, 1.54) is 18.0 Å². The SMILES string of the molecule is CN(Cc1ccccc1F)C(=O)CSc1nnc(N2CCOCC2)n1CC(F)(F)F. The lowest BCUT2D eigenvalue weighted by Crippen LogP contribution is -2.38. The topological polar surface area (TPSA) is 63.5 Å². The van der Waals surface area contributed by atoms with E-state index in [9.17, 15) is 22.4 Å². The summed E-state index contributed by atoms with van der Waals surface area (Å²) in [5.74, 6) is -0.836. The molecule has 1 aromatic heterocycles. The van der Waals surface area contributed by atoms with Crippen LogP contribution >= 0.6 is 11.8 Å². The highest BCUT2D eigenvalue weighted by molar-refractivity contribution is 7.99. The van der Waals surface area contributed by atoms with E-state index in [1.54, 1.807) is 23.1 Å². The van der Waals surface area contributed by atoms with Crippen molar-refractivity contribution in [3.8, 4) is 0 Å². The standard InChI is InChI=1S/C18H21F4N5O2S/c1-25(10-13-4-2-3-5-14(13)19)15(28)11-30-17-24-23-16(26-6-8-29-9-7-26)27(17)12-18(20,21)22/h2-5H,6-12H2,1H3. The summed E-state index contributed by atoms with van der Waals surface area (Å²) >= 11 is 0.870. The Kier molecular flexibility index (Phi) is 7.19. The van der Waals surface area contributed by atoms with Crippen LogP contribution in [0.25, 0.3) is 0 Å². The Morgan fingerprint density at radius 3 is 2.60 bits per heavy atom. The van der Waals surface area contributed by atoms with Gasteiger partial charge >= 0.3 is 6.18 Å². The van der Waals surface area contributed by atoms with Gasteiger partial charge in [0.2, 0.25) is 11.9 Å². The first kappa shape index (κ1) is 22.3. The van der Waals surface area contributed by atoms with Gasteiger partial charge in [-0.05, 0) is 6.07 Å². The zero-order chi connectivity index (χ0) is 21.7. The first-order chi connectivity index (χ1) is 14.2. The second-order valence-corrected chi connectivity index (χ2v) is 7.66. The molecule has 164 valence electrons. The highest BCUT2D eigenvalue weighted by atomic mass is 32.2. The van der Waals surface area contributed by atoms with Crippen LogP contribution in [0.2, 0.25) is 0 Å². The summed E-state index contributed by atoms with van der Waals surface area (Å²) < 4.78 is 59.3. The predicted molar refractivity (Wildman–Crippen MR) is 103 cm³/mol. The van der Waals surface area contributed by atoms with Gasteiger partial charge in [0.15, 0.2) is 5.16 Å². The van der Waals surface area contributed by atoms with Crippen LogP contribution in [0, 0.1) is 5.82 Å². The lowest BCUT2D eigenvalue weighted by Gasteiger charge is -2.28. The zero-order valence-electron chi connectivity index (χ0n) is 16.2. The number of benzene rings is 1. The van der Waals surface area contributed by atoms with Crippen LogP contribution in [0.3, 0.4) is 0 Å². The molecule has 0 aliphatic carbocycles. The molecule has 1 aromatic carbocycles. The van der Waals surface area contributed by atoms with Crippen molar-refractivity contribution in [2.75, 3.05) is 44.0 Å². The van der Waals surface area contributed by atoms with Crippen molar-refractivity contribution in [3.63, 3.8) is 0 Å². The Morgan fingerprint density at radius 1 is 1.23 bits per heavy atom. The van der Waals surface area contributed by atoms with Crippen LogP contribution < -0.4 is 4.90 Å². The number of carbonyl (C=O) groups excluding carboxylic acids is 1. The van der Waals surface area contributed by atoms with Gasteiger partial charge in [0.1, 0.15) is 12.4 Å². The van der Waals surface area contributed by atoms with Crippen LogP contribution in [0.4, 0.5) is 23.5 Å². The molecular formula is C18H21F4N5O2S. The number of anilines is 1. The maximum atomic E-state index is 13.8. The fraction of sp³-hybridized carbons (Fsp3) is 0.500. The summed E-state index contributed by atoms with van der Waals surface area (Å²) in [7, 11) is 1.51. The molecule has 2 heterocycles. The van der Waals surface area contributed by atoms with Gasteiger partial charge in [-0.2, -0.15) is 13.2 Å². The monoisotopic (exact) mass is 447 g/mol. The number of rotatable bonds is 7. The van der Waals surface area contributed by atoms with E-state index in [4.69, 9.17) is 4.74 Å². The van der Waals surface area contributed by atoms with E-state index in [0.29, 0.717) is 31.9 Å².